The minimum Gasteiger partial charge on any atom is -0.467 e. The lowest BCUT2D eigenvalue weighted by molar-refractivity contribution is 0.0510. The highest BCUT2D eigenvalue weighted by Crippen LogP contribution is 2.20. The molecule has 5 heteroatoms. The monoisotopic (exact) mass is 260 g/mol. The molecular formula is C14H16N2O3. The van der Waals surface area contributed by atoms with E-state index in [1.165, 1.54) is 0 Å². The quantitative estimate of drug-likeness (QED) is 0.795. The van der Waals surface area contributed by atoms with Gasteiger partial charge in [-0.1, -0.05) is 18.2 Å². The maximum atomic E-state index is 11.2. The second-order valence-corrected chi connectivity index (χ2v) is 3.92. The van der Waals surface area contributed by atoms with Crippen LogP contribution in [0.5, 0.6) is 5.75 Å². The second kappa shape index (κ2) is 6.61. The fourth-order valence-electron chi connectivity index (χ4n) is 1.64. The number of hydrogen-bond donors (Lipinski definition) is 2. The molecule has 0 fully saturated rings. The molecule has 19 heavy (non-hydrogen) atoms. The average Bonchev–Trinajstić information content (AvgIpc) is 2.44. The van der Waals surface area contributed by atoms with Gasteiger partial charge < -0.3 is 20.1 Å². The third-order valence-corrected chi connectivity index (χ3v) is 2.54. The molecule has 0 atom stereocenters. The third-order valence-electron chi connectivity index (χ3n) is 2.54. The van der Waals surface area contributed by atoms with Gasteiger partial charge in [-0.05, 0) is 24.3 Å². The van der Waals surface area contributed by atoms with Gasteiger partial charge in [0.15, 0.2) is 6.79 Å². The molecule has 0 unspecified atom stereocenters. The first-order chi connectivity index (χ1) is 9.29. The molecule has 0 spiro atoms. The van der Waals surface area contributed by atoms with Gasteiger partial charge in [0.05, 0.1) is 0 Å². The van der Waals surface area contributed by atoms with Crippen LogP contribution in [0.25, 0.3) is 6.08 Å². The summed E-state index contributed by atoms with van der Waals surface area (Å²) in [5.41, 5.74) is 1.69. The van der Waals surface area contributed by atoms with Crippen molar-refractivity contribution in [3.8, 4) is 5.75 Å². The zero-order valence-corrected chi connectivity index (χ0v) is 10.7. The zero-order chi connectivity index (χ0) is 13.5. The summed E-state index contributed by atoms with van der Waals surface area (Å²) in [6.45, 7) is 0.738. The summed E-state index contributed by atoms with van der Waals surface area (Å²) >= 11 is 0. The van der Waals surface area contributed by atoms with Crippen molar-refractivity contribution in [2.24, 2.45) is 0 Å². The van der Waals surface area contributed by atoms with Gasteiger partial charge in [0.1, 0.15) is 5.75 Å². The Bertz CT molecular complexity index is 509. The number of benzene rings is 1. The van der Waals surface area contributed by atoms with Crippen molar-refractivity contribution in [2.75, 3.05) is 20.4 Å². The van der Waals surface area contributed by atoms with Crippen molar-refractivity contribution in [1.29, 1.82) is 0 Å². The number of methoxy groups -OCH3 is 1. The molecule has 0 bridgehead atoms. The Morgan fingerprint density at radius 3 is 2.95 bits per heavy atom. The molecule has 1 heterocycles. The molecule has 5 nitrogen and oxygen atoms in total. The molecule has 100 valence electrons. The van der Waals surface area contributed by atoms with E-state index in [-0.39, 0.29) is 12.8 Å². The molecule has 0 aromatic heterocycles. The van der Waals surface area contributed by atoms with Gasteiger partial charge in [0.25, 0.3) is 0 Å². The Balaban J connectivity index is 2.09. The topological polar surface area (TPSA) is 59.6 Å². The lowest BCUT2D eigenvalue weighted by Crippen LogP contribution is -2.38. The summed E-state index contributed by atoms with van der Waals surface area (Å²) in [4.78, 5) is 11.2. The van der Waals surface area contributed by atoms with Gasteiger partial charge in [0.2, 0.25) is 0 Å². The van der Waals surface area contributed by atoms with Crippen LogP contribution >= 0.6 is 0 Å². The number of para-hydroxylation sites is 1. The van der Waals surface area contributed by atoms with E-state index in [0.717, 1.165) is 17.0 Å². The van der Waals surface area contributed by atoms with Gasteiger partial charge in [-0.25, -0.2) is 4.79 Å². The molecule has 2 N–H and O–H groups in total. The van der Waals surface area contributed by atoms with Crippen LogP contribution in [-0.2, 0) is 4.74 Å². The number of carbonyl (C=O) groups is 1. The van der Waals surface area contributed by atoms with E-state index in [1.807, 2.05) is 42.5 Å². The Morgan fingerprint density at radius 1 is 1.32 bits per heavy atom. The first-order valence-corrected chi connectivity index (χ1v) is 5.93. The summed E-state index contributed by atoms with van der Waals surface area (Å²) in [5, 5.41) is 5.36. The van der Waals surface area contributed by atoms with E-state index in [0.29, 0.717) is 6.54 Å². The maximum Gasteiger partial charge on any atom is 0.319 e. The number of hydrogen-bond acceptors (Lipinski definition) is 3. The highest BCUT2D eigenvalue weighted by atomic mass is 16.7. The SMILES string of the molecule is COCOc1ccccc1C=CC1=CCNC(=O)N1. The zero-order valence-electron chi connectivity index (χ0n) is 10.7. The van der Waals surface area contributed by atoms with Crippen LogP contribution in [0.1, 0.15) is 5.56 Å². The van der Waals surface area contributed by atoms with Crippen LogP contribution in [-0.4, -0.2) is 26.5 Å². The van der Waals surface area contributed by atoms with Gasteiger partial charge in [-0.2, -0.15) is 0 Å². The smallest absolute Gasteiger partial charge is 0.319 e. The predicted molar refractivity (Wildman–Crippen MR) is 72.6 cm³/mol. The highest BCUT2D eigenvalue weighted by Gasteiger charge is 2.06. The number of urea groups is 1. The number of ether oxygens (including phenoxy) is 2. The Morgan fingerprint density at radius 2 is 2.16 bits per heavy atom. The largest absolute Gasteiger partial charge is 0.467 e. The molecule has 0 saturated heterocycles. The summed E-state index contributed by atoms with van der Waals surface area (Å²) in [7, 11) is 1.58. The molecule has 1 aromatic rings. The Kier molecular flexibility index (Phi) is 4.58. The van der Waals surface area contributed by atoms with Gasteiger partial charge >= 0.3 is 6.03 Å². The van der Waals surface area contributed by atoms with E-state index in [4.69, 9.17) is 9.47 Å². The first-order valence-electron chi connectivity index (χ1n) is 5.93. The van der Waals surface area contributed by atoms with Crippen molar-refractivity contribution in [1.82, 2.24) is 10.6 Å². The van der Waals surface area contributed by atoms with Gasteiger partial charge in [0, 0.05) is 24.9 Å². The van der Waals surface area contributed by atoms with Crippen LogP contribution in [0.3, 0.4) is 0 Å². The number of allylic oxidation sites excluding steroid dienone is 1. The summed E-state index contributed by atoms with van der Waals surface area (Å²) < 4.78 is 10.3. The van der Waals surface area contributed by atoms with E-state index in [1.54, 1.807) is 7.11 Å². The van der Waals surface area contributed by atoms with Crippen LogP contribution < -0.4 is 15.4 Å². The summed E-state index contributed by atoms with van der Waals surface area (Å²) in [6, 6.07) is 7.44. The fourth-order valence-corrected chi connectivity index (χ4v) is 1.64. The van der Waals surface area contributed by atoms with Crippen LogP contribution in [0.4, 0.5) is 4.79 Å². The summed E-state index contributed by atoms with van der Waals surface area (Å²) in [6.07, 6.45) is 5.63. The van der Waals surface area contributed by atoms with Crippen molar-refractivity contribution < 1.29 is 14.3 Å². The van der Waals surface area contributed by atoms with Crippen molar-refractivity contribution in [2.45, 2.75) is 0 Å². The van der Waals surface area contributed by atoms with Crippen molar-refractivity contribution >= 4 is 12.1 Å². The highest BCUT2D eigenvalue weighted by molar-refractivity contribution is 5.78. The van der Waals surface area contributed by atoms with Crippen LogP contribution in [0.2, 0.25) is 0 Å². The third kappa shape index (κ3) is 3.86. The molecule has 1 aliphatic rings. The lowest BCUT2D eigenvalue weighted by atomic mass is 10.1. The predicted octanol–water partition coefficient (Wildman–Crippen LogP) is 1.88. The van der Waals surface area contributed by atoms with E-state index in [9.17, 15) is 4.79 Å². The molecule has 0 saturated carbocycles. The summed E-state index contributed by atoms with van der Waals surface area (Å²) in [5.74, 6) is 0.737. The Labute approximate surface area is 111 Å². The Hall–Kier alpha value is -2.27. The molecule has 2 amide bonds. The molecule has 2 rings (SSSR count). The molecule has 0 aliphatic carbocycles. The first kappa shape index (κ1) is 13.2. The average molecular weight is 260 g/mol. The second-order valence-electron chi connectivity index (χ2n) is 3.92. The van der Waals surface area contributed by atoms with Crippen LogP contribution in [0.15, 0.2) is 42.1 Å². The number of amides is 2. The number of rotatable bonds is 5. The molecule has 1 aromatic carbocycles. The fraction of sp³-hybridized carbons (Fsp3) is 0.214. The molecule has 1 aliphatic heterocycles. The maximum absolute atomic E-state index is 11.2. The van der Waals surface area contributed by atoms with Gasteiger partial charge in [-0.15, -0.1) is 0 Å². The lowest BCUT2D eigenvalue weighted by Gasteiger charge is -2.13. The molecular weight excluding hydrogens is 244 g/mol. The minimum absolute atomic E-state index is 0.189. The van der Waals surface area contributed by atoms with E-state index in [2.05, 4.69) is 10.6 Å². The number of nitrogens with one attached hydrogen (secondary N) is 2. The van der Waals surface area contributed by atoms with Crippen LogP contribution in [0, 0.1) is 0 Å². The van der Waals surface area contributed by atoms with E-state index < -0.39 is 0 Å². The molecule has 0 radical (unpaired) electrons. The normalized spacial score (nSPS) is 14.8. The number of carbonyl (C=O) groups excluding carboxylic acids is 1. The van der Waals surface area contributed by atoms with Crippen molar-refractivity contribution in [3.63, 3.8) is 0 Å². The minimum atomic E-state index is -0.189. The van der Waals surface area contributed by atoms with Crippen molar-refractivity contribution in [3.05, 3.63) is 47.7 Å². The van der Waals surface area contributed by atoms with E-state index >= 15 is 0 Å². The van der Waals surface area contributed by atoms with Gasteiger partial charge in [-0.3, -0.25) is 0 Å². The standard InChI is InChI=1S/C14H16N2O3/c1-18-10-19-13-5-3-2-4-11(13)6-7-12-8-9-15-14(17)16-12/h2-8H,9-10H2,1H3,(H2,15,16,17).